The van der Waals surface area contributed by atoms with Crippen LogP contribution in [0, 0.1) is 11.3 Å². The number of benzene rings is 2. The highest BCUT2D eigenvalue weighted by Gasteiger charge is 2.17. The molecule has 0 saturated carbocycles. The fraction of sp³-hybridized carbons (Fsp3) is 0.125. The highest BCUT2D eigenvalue weighted by Crippen LogP contribution is 2.28. The number of hydrogen-bond acceptors (Lipinski definition) is 5. The summed E-state index contributed by atoms with van der Waals surface area (Å²) in [6, 6.07) is 12.2. The molecule has 24 heavy (non-hydrogen) atoms. The second-order valence-electron chi connectivity index (χ2n) is 4.84. The van der Waals surface area contributed by atoms with Crippen molar-refractivity contribution >= 4 is 27.3 Å². The molecular weight excluding hydrogens is 330 g/mol. The number of hydrogen-bond donors (Lipinski definition) is 2. The fourth-order valence-electron chi connectivity index (χ4n) is 2.00. The third kappa shape index (κ3) is 4.02. The number of anilines is 2. The summed E-state index contributed by atoms with van der Waals surface area (Å²) in [5.74, 6) is -0.0748. The van der Waals surface area contributed by atoms with Gasteiger partial charge in [-0.2, -0.15) is 5.26 Å². The Morgan fingerprint density at radius 1 is 1.21 bits per heavy atom. The summed E-state index contributed by atoms with van der Waals surface area (Å²) in [6.45, 7) is 1.34. The van der Waals surface area contributed by atoms with E-state index in [1.807, 2.05) is 6.07 Å². The van der Waals surface area contributed by atoms with Crippen LogP contribution in [0.3, 0.4) is 0 Å². The van der Waals surface area contributed by atoms with Crippen molar-refractivity contribution in [3.05, 3.63) is 48.0 Å². The van der Waals surface area contributed by atoms with Gasteiger partial charge in [0.05, 0.1) is 35.0 Å². The minimum atomic E-state index is -3.87. The molecule has 0 atom stereocenters. The zero-order chi connectivity index (χ0) is 17.7. The third-order valence-electron chi connectivity index (χ3n) is 3.04. The van der Waals surface area contributed by atoms with Gasteiger partial charge >= 0.3 is 0 Å². The van der Waals surface area contributed by atoms with E-state index in [1.165, 1.54) is 38.3 Å². The molecule has 7 nitrogen and oxygen atoms in total. The quantitative estimate of drug-likeness (QED) is 0.864. The lowest BCUT2D eigenvalue weighted by Crippen LogP contribution is -2.14. The monoisotopic (exact) mass is 345 g/mol. The number of rotatable bonds is 5. The Balaban J connectivity index is 2.35. The Kier molecular flexibility index (Phi) is 5.06. The number of nitriles is 1. The largest absolute Gasteiger partial charge is 0.495 e. The normalized spacial score (nSPS) is 10.5. The summed E-state index contributed by atoms with van der Waals surface area (Å²) in [6.07, 6.45) is 0. The Bertz CT molecular complexity index is 917. The van der Waals surface area contributed by atoms with Gasteiger partial charge in [0.25, 0.3) is 10.0 Å². The first-order valence-electron chi connectivity index (χ1n) is 6.84. The maximum atomic E-state index is 12.5. The lowest BCUT2D eigenvalue weighted by molar-refractivity contribution is -0.114. The lowest BCUT2D eigenvalue weighted by Gasteiger charge is -2.12. The van der Waals surface area contributed by atoms with Gasteiger partial charge in [-0.15, -0.1) is 0 Å². The van der Waals surface area contributed by atoms with Gasteiger partial charge in [-0.25, -0.2) is 8.42 Å². The smallest absolute Gasteiger partial charge is 0.262 e. The van der Waals surface area contributed by atoms with Crippen molar-refractivity contribution in [3.63, 3.8) is 0 Å². The van der Waals surface area contributed by atoms with Crippen molar-refractivity contribution in [1.29, 1.82) is 5.26 Å². The Morgan fingerprint density at radius 3 is 2.58 bits per heavy atom. The van der Waals surface area contributed by atoms with Crippen molar-refractivity contribution in [3.8, 4) is 11.8 Å². The summed E-state index contributed by atoms with van der Waals surface area (Å²) in [5.41, 5.74) is 0.989. The second kappa shape index (κ2) is 7.02. The average Bonchev–Trinajstić information content (AvgIpc) is 2.54. The van der Waals surface area contributed by atoms with Crippen molar-refractivity contribution in [2.24, 2.45) is 0 Å². The predicted octanol–water partition coefficient (Wildman–Crippen LogP) is 2.33. The van der Waals surface area contributed by atoms with Gasteiger partial charge in [0.15, 0.2) is 0 Å². The molecule has 0 heterocycles. The van der Waals surface area contributed by atoms with Crippen LogP contribution in [0.25, 0.3) is 0 Å². The van der Waals surface area contributed by atoms with Crippen LogP contribution < -0.4 is 14.8 Å². The number of sulfonamides is 1. The first-order chi connectivity index (χ1) is 11.4. The van der Waals surface area contributed by atoms with E-state index in [0.717, 1.165) is 0 Å². The van der Waals surface area contributed by atoms with E-state index in [0.29, 0.717) is 11.3 Å². The topological polar surface area (TPSA) is 108 Å². The number of carbonyl (C=O) groups is 1. The van der Waals surface area contributed by atoms with Crippen LogP contribution in [0.2, 0.25) is 0 Å². The van der Waals surface area contributed by atoms with Crippen LogP contribution in [-0.4, -0.2) is 21.4 Å². The first-order valence-corrected chi connectivity index (χ1v) is 8.32. The van der Waals surface area contributed by atoms with Gasteiger partial charge in [0.1, 0.15) is 5.75 Å². The molecule has 1 amide bonds. The van der Waals surface area contributed by atoms with Crippen LogP contribution in [0.15, 0.2) is 47.4 Å². The molecule has 0 aromatic heterocycles. The van der Waals surface area contributed by atoms with Gasteiger partial charge < -0.3 is 10.1 Å². The van der Waals surface area contributed by atoms with E-state index in [1.54, 1.807) is 18.2 Å². The molecule has 0 aliphatic rings. The van der Waals surface area contributed by atoms with Crippen molar-refractivity contribution in [2.45, 2.75) is 11.8 Å². The van der Waals surface area contributed by atoms with Crippen molar-refractivity contribution < 1.29 is 17.9 Å². The van der Waals surface area contributed by atoms with Gasteiger partial charge in [-0.05, 0) is 30.3 Å². The molecule has 2 aromatic rings. The molecule has 0 aliphatic heterocycles. The summed E-state index contributed by atoms with van der Waals surface area (Å²) in [4.78, 5) is 11.1. The molecule has 0 spiro atoms. The average molecular weight is 345 g/mol. The molecule has 0 bridgehead atoms. The Hall–Kier alpha value is -3.05. The predicted molar refractivity (Wildman–Crippen MR) is 89.3 cm³/mol. The Labute approximate surface area is 139 Å². The van der Waals surface area contributed by atoms with Gasteiger partial charge in [-0.1, -0.05) is 6.07 Å². The molecule has 2 N–H and O–H groups in total. The van der Waals surface area contributed by atoms with E-state index in [9.17, 15) is 13.2 Å². The number of ether oxygens (including phenoxy) is 1. The van der Waals surface area contributed by atoms with Crippen LogP contribution >= 0.6 is 0 Å². The zero-order valence-corrected chi connectivity index (χ0v) is 13.8. The number of amides is 1. The van der Waals surface area contributed by atoms with Crippen molar-refractivity contribution in [1.82, 2.24) is 0 Å². The number of carbonyl (C=O) groups excluding carboxylic acids is 1. The maximum Gasteiger partial charge on any atom is 0.262 e. The summed E-state index contributed by atoms with van der Waals surface area (Å²) in [5, 5.41) is 11.4. The molecule has 124 valence electrons. The van der Waals surface area contributed by atoms with E-state index in [-0.39, 0.29) is 22.2 Å². The molecule has 2 aromatic carbocycles. The van der Waals surface area contributed by atoms with Crippen LogP contribution in [-0.2, 0) is 14.8 Å². The minimum Gasteiger partial charge on any atom is -0.495 e. The van der Waals surface area contributed by atoms with Gasteiger partial charge in [-0.3, -0.25) is 9.52 Å². The number of methoxy groups -OCH3 is 1. The molecule has 0 saturated heterocycles. The summed E-state index contributed by atoms with van der Waals surface area (Å²) >= 11 is 0. The van der Waals surface area contributed by atoms with Crippen LogP contribution in [0.5, 0.6) is 5.75 Å². The maximum absolute atomic E-state index is 12.5. The fourth-order valence-corrected chi connectivity index (χ4v) is 3.06. The molecule has 0 radical (unpaired) electrons. The van der Waals surface area contributed by atoms with E-state index < -0.39 is 10.0 Å². The lowest BCUT2D eigenvalue weighted by atomic mass is 10.2. The highest BCUT2D eigenvalue weighted by molar-refractivity contribution is 7.92. The molecule has 2 rings (SSSR count). The zero-order valence-electron chi connectivity index (χ0n) is 13.0. The van der Waals surface area contributed by atoms with Gasteiger partial charge in [0, 0.05) is 13.0 Å². The van der Waals surface area contributed by atoms with Gasteiger partial charge in [0.2, 0.25) is 5.91 Å². The molecule has 0 fully saturated rings. The third-order valence-corrected chi connectivity index (χ3v) is 4.42. The van der Waals surface area contributed by atoms with E-state index in [4.69, 9.17) is 10.00 Å². The van der Waals surface area contributed by atoms with Crippen LogP contribution in [0.4, 0.5) is 11.4 Å². The van der Waals surface area contributed by atoms with E-state index >= 15 is 0 Å². The molecular formula is C16H15N3O4S. The number of nitrogens with zero attached hydrogens (tertiary/aromatic N) is 1. The molecule has 0 unspecified atom stereocenters. The standard InChI is InChI=1S/C16H15N3O4S/c1-11(20)18-15-7-6-14(9-16(15)23-2)24(21,22)19-13-5-3-4-12(8-13)10-17/h3-9,19H,1-2H3,(H,18,20). The highest BCUT2D eigenvalue weighted by atomic mass is 32.2. The Morgan fingerprint density at radius 2 is 1.96 bits per heavy atom. The summed E-state index contributed by atoms with van der Waals surface area (Å²) in [7, 11) is -2.49. The SMILES string of the molecule is COc1cc(S(=O)(=O)Nc2cccc(C#N)c2)ccc1NC(C)=O. The van der Waals surface area contributed by atoms with E-state index in [2.05, 4.69) is 10.0 Å². The first kappa shape index (κ1) is 17.3. The van der Waals surface area contributed by atoms with Crippen molar-refractivity contribution in [2.75, 3.05) is 17.1 Å². The van der Waals surface area contributed by atoms with Crippen LogP contribution in [0.1, 0.15) is 12.5 Å². The second-order valence-corrected chi connectivity index (χ2v) is 6.52. The summed E-state index contributed by atoms with van der Waals surface area (Å²) < 4.78 is 32.4. The molecule has 8 heteroatoms. The molecule has 0 aliphatic carbocycles. The minimum absolute atomic E-state index is 0.0317. The number of nitrogens with one attached hydrogen (secondary N) is 2.